The standard InChI is InChI=1S/C24H32N4O3S/c29-24(26-21-11-16-27(17-12-21)19-22-9-3-4-13-25-22)20-8-7-10-23(18-20)32(30,31)28-14-5-1-2-6-15-28/h3-4,7-10,13,18,21H,1-2,5-6,11-12,14-17,19H2,(H,26,29). The Labute approximate surface area is 190 Å². The van der Waals surface area contributed by atoms with Crippen molar-refractivity contribution in [2.24, 2.45) is 0 Å². The Balaban J connectivity index is 1.34. The maximum absolute atomic E-state index is 13.1. The van der Waals surface area contributed by atoms with Gasteiger partial charge in [0, 0.05) is 50.5 Å². The van der Waals surface area contributed by atoms with Crippen LogP contribution in [0.25, 0.3) is 0 Å². The van der Waals surface area contributed by atoms with Crippen LogP contribution in [0.5, 0.6) is 0 Å². The van der Waals surface area contributed by atoms with Crippen molar-refractivity contribution in [1.82, 2.24) is 19.5 Å². The van der Waals surface area contributed by atoms with Crippen molar-refractivity contribution in [3.8, 4) is 0 Å². The summed E-state index contributed by atoms with van der Waals surface area (Å²) in [6, 6.07) is 12.5. The van der Waals surface area contributed by atoms with Crippen LogP contribution in [0.3, 0.4) is 0 Å². The van der Waals surface area contributed by atoms with E-state index in [0.717, 1.165) is 63.9 Å². The number of nitrogens with one attached hydrogen (secondary N) is 1. The van der Waals surface area contributed by atoms with Gasteiger partial charge in [-0.3, -0.25) is 14.7 Å². The third-order valence-corrected chi connectivity index (χ3v) is 8.23. The van der Waals surface area contributed by atoms with Gasteiger partial charge in [-0.1, -0.05) is 25.0 Å². The fraction of sp³-hybridized carbons (Fsp3) is 0.500. The van der Waals surface area contributed by atoms with Crippen LogP contribution in [-0.4, -0.2) is 60.7 Å². The largest absolute Gasteiger partial charge is 0.349 e. The Bertz CT molecular complexity index is 997. The molecule has 2 saturated heterocycles. The predicted octanol–water partition coefficient (Wildman–Crippen LogP) is 3.04. The monoisotopic (exact) mass is 456 g/mol. The minimum absolute atomic E-state index is 0.0911. The normalized spacial score (nSPS) is 19.4. The van der Waals surface area contributed by atoms with E-state index in [2.05, 4.69) is 15.2 Å². The van der Waals surface area contributed by atoms with E-state index in [9.17, 15) is 13.2 Å². The molecule has 0 spiro atoms. The van der Waals surface area contributed by atoms with Crippen molar-refractivity contribution in [3.05, 3.63) is 59.9 Å². The number of carbonyl (C=O) groups is 1. The average Bonchev–Trinajstić information content (AvgIpc) is 3.11. The first-order valence-electron chi connectivity index (χ1n) is 11.6. The maximum atomic E-state index is 13.1. The molecule has 32 heavy (non-hydrogen) atoms. The first kappa shape index (κ1) is 22.9. The second-order valence-electron chi connectivity index (χ2n) is 8.69. The Morgan fingerprint density at radius 2 is 1.72 bits per heavy atom. The van der Waals surface area contributed by atoms with Gasteiger partial charge in [0.1, 0.15) is 0 Å². The van der Waals surface area contributed by atoms with Crippen LogP contribution in [-0.2, 0) is 16.6 Å². The molecule has 2 aliphatic heterocycles. The summed E-state index contributed by atoms with van der Waals surface area (Å²) in [5, 5.41) is 3.10. The Kier molecular flexibility index (Phi) is 7.55. The number of pyridine rings is 1. The zero-order valence-electron chi connectivity index (χ0n) is 18.4. The number of piperidine rings is 1. The summed E-state index contributed by atoms with van der Waals surface area (Å²) < 4.78 is 27.7. The molecule has 0 radical (unpaired) electrons. The number of benzene rings is 1. The van der Waals surface area contributed by atoms with Gasteiger partial charge in [0.05, 0.1) is 10.6 Å². The number of hydrogen-bond acceptors (Lipinski definition) is 5. The van der Waals surface area contributed by atoms with Gasteiger partial charge < -0.3 is 5.32 Å². The van der Waals surface area contributed by atoms with Gasteiger partial charge >= 0.3 is 0 Å². The summed E-state index contributed by atoms with van der Waals surface area (Å²) in [7, 11) is -3.57. The lowest BCUT2D eigenvalue weighted by Gasteiger charge is -2.32. The summed E-state index contributed by atoms with van der Waals surface area (Å²) in [5.41, 5.74) is 1.45. The van der Waals surface area contributed by atoms with E-state index in [0.29, 0.717) is 18.7 Å². The number of amides is 1. The van der Waals surface area contributed by atoms with Crippen LogP contribution in [0, 0.1) is 0 Å². The van der Waals surface area contributed by atoms with Crippen LogP contribution in [0.2, 0.25) is 0 Å². The zero-order chi connectivity index (χ0) is 22.4. The molecule has 172 valence electrons. The van der Waals surface area contributed by atoms with Crippen LogP contribution < -0.4 is 5.32 Å². The summed E-state index contributed by atoms with van der Waals surface area (Å²) in [6.45, 7) is 3.71. The highest BCUT2D eigenvalue weighted by Crippen LogP contribution is 2.21. The molecule has 7 nitrogen and oxygen atoms in total. The molecule has 8 heteroatoms. The lowest BCUT2D eigenvalue weighted by atomic mass is 10.0. The first-order chi connectivity index (χ1) is 15.5. The third kappa shape index (κ3) is 5.74. The molecule has 4 rings (SSSR count). The lowest BCUT2D eigenvalue weighted by Crippen LogP contribution is -2.44. The van der Waals surface area contributed by atoms with E-state index in [-0.39, 0.29) is 16.8 Å². The van der Waals surface area contributed by atoms with E-state index in [1.807, 2.05) is 24.4 Å². The zero-order valence-corrected chi connectivity index (χ0v) is 19.3. The molecule has 0 aliphatic carbocycles. The minimum Gasteiger partial charge on any atom is -0.349 e. The van der Waals surface area contributed by atoms with Gasteiger partial charge in [-0.15, -0.1) is 0 Å². The Morgan fingerprint density at radius 1 is 0.969 bits per heavy atom. The minimum atomic E-state index is -3.57. The number of rotatable bonds is 6. The summed E-state index contributed by atoms with van der Waals surface area (Å²) in [6.07, 6.45) is 7.44. The van der Waals surface area contributed by atoms with Gasteiger partial charge in [0.25, 0.3) is 5.91 Å². The first-order valence-corrected chi connectivity index (χ1v) is 13.0. The van der Waals surface area contributed by atoms with Crippen molar-refractivity contribution in [1.29, 1.82) is 0 Å². The van der Waals surface area contributed by atoms with Crippen molar-refractivity contribution < 1.29 is 13.2 Å². The topological polar surface area (TPSA) is 82.6 Å². The third-order valence-electron chi connectivity index (χ3n) is 6.33. The van der Waals surface area contributed by atoms with E-state index in [1.54, 1.807) is 22.5 Å². The number of nitrogens with zero attached hydrogens (tertiary/aromatic N) is 3. The molecule has 1 N–H and O–H groups in total. The molecule has 0 bridgehead atoms. The van der Waals surface area contributed by atoms with Gasteiger partial charge in [-0.25, -0.2) is 8.42 Å². The molecule has 0 atom stereocenters. The van der Waals surface area contributed by atoms with Crippen molar-refractivity contribution in [2.45, 2.75) is 56.0 Å². The molecule has 1 amide bonds. The molecule has 2 aromatic rings. The maximum Gasteiger partial charge on any atom is 0.251 e. The molecule has 1 aromatic carbocycles. The molecule has 2 fully saturated rings. The Hall–Kier alpha value is -2.29. The number of likely N-dealkylation sites (tertiary alicyclic amines) is 1. The smallest absolute Gasteiger partial charge is 0.251 e. The highest BCUT2D eigenvalue weighted by molar-refractivity contribution is 7.89. The van der Waals surface area contributed by atoms with E-state index >= 15 is 0 Å². The van der Waals surface area contributed by atoms with E-state index in [1.165, 1.54) is 6.07 Å². The van der Waals surface area contributed by atoms with Crippen LogP contribution in [0.15, 0.2) is 53.6 Å². The number of sulfonamides is 1. The fourth-order valence-electron chi connectivity index (χ4n) is 4.45. The SMILES string of the molecule is O=C(NC1CCN(Cc2ccccn2)CC1)c1cccc(S(=O)(=O)N2CCCCCC2)c1. The Morgan fingerprint density at radius 3 is 2.41 bits per heavy atom. The summed E-state index contributed by atoms with van der Waals surface area (Å²) >= 11 is 0. The van der Waals surface area contributed by atoms with Crippen molar-refractivity contribution in [2.75, 3.05) is 26.2 Å². The molecule has 2 aliphatic rings. The van der Waals surface area contributed by atoms with Gasteiger partial charge in [0.15, 0.2) is 0 Å². The molecule has 3 heterocycles. The van der Waals surface area contributed by atoms with Gasteiger partial charge in [-0.05, 0) is 56.0 Å². The van der Waals surface area contributed by atoms with Crippen LogP contribution in [0.1, 0.15) is 54.6 Å². The quantitative estimate of drug-likeness (QED) is 0.723. The summed E-state index contributed by atoms with van der Waals surface area (Å²) in [5.74, 6) is -0.207. The molecule has 0 unspecified atom stereocenters. The van der Waals surface area contributed by atoms with Gasteiger partial charge in [0.2, 0.25) is 10.0 Å². The molecule has 0 saturated carbocycles. The molecular weight excluding hydrogens is 424 g/mol. The molecule has 1 aromatic heterocycles. The predicted molar refractivity (Wildman–Crippen MR) is 124 cm³/mol. The number of carbonyl (C=O) groups excluding carboxylic acids is 1. The van der Waals surface area contributed by atoms with Crippen LogP contribution in [0.4, 0.5) is 0 Å². The highest BCUT2D eigenvalue weighted by atomic mass is 32.2. The lowest BCUT2D eigenvalue weighted by molar-refractivity contribution is 0.0908. The number of hydrogen-bond donors (Lipinski definition) is 1. The van der Waals surface area contributed by atoms with E-state index < -0.39 is 10.0 Å². The van der Waals surface area contributed by atoms with Crippen molar-refractivity contribution in [3.63, 3.8) is 0 Å². The average molecular weight is 457 g/mol. The van der Waals surface area contributed by atoms with Gasteiger partial charge in [-0.2, -0.15) is 4.31 Å². The van der Waals surface area contributed by atoms with Crippen LogP contribution >= 0.6 is 0 Å². The number of aromatic nitrogens is 1. The molecular formula is C24H32N4O3S. The summed E-state index contributed by atoms with van der Waals surface area (Å²) in [4.78, 5) is 19.8. The van der Waals surface area contributed by atoms with Crippen molar-refractivity contribution >= 4 is 15.9 Å². The second kappa shape index (κ2) is 10.6. The highest BCUT2D eigenvalue weighted by Gasteiger charge is 2.26. The fourth-order valence-corrected chi connectivity index (χ4v) is 6.02. The second-order valence-corrected chi connectivity index (χ2v) is 10.6. The van der Waals surface area contributed by atoms with E-state index in [4.69, 9.17) is 0 Å².